The molecule has 2 N–H and O–H groups in total. The summed E-state index contributed by atoms with van der Waals surface area (Å²) in [6, 6.07) is 0. The molecule has 17 heavy (non-hydrogen) atoms. The zero-order valence-electron chi connectivity index (χ0n) is 9.68. The van der Waals surface area contributed by atoms with Gasteiger partial charge in [-0.3, -0.25) is 4.79 Å². The van der Waals surface area contributed by atoms with Gasteiger partial charge in [0.25, 0.3) is 0 Å². The number of carbonyl (C=O) groups is 2. The standard InChI is InChI=1S/C9H9BrO4.C3H6/c1-5-6(7(11)12)3-2-4-9(5,10)8(13)14;1-3-2/h2-5H,1H3,(H,11,12)(H,13,14);3H,1H2,2H3. The van der Waals surface area contributed by atoms with Gasteiger partial charge in [0, 0.05) is 11.5 Å². The van der Waals surface area contributed by atoms with Crippen molar-refractivity contribution in [2.45, 2.75) is 18.2 Å². The first-order valence-corrected chi connectivity index (χ1v) is 5.72. The van der Waals surface area contributed by atoms with Gasteiger partial charge in [0.2, 0.25) is 0 Å². The van der Waals surface area contributed by atoms with Crippen molar-refractivity contribution in [3.8, 4) is 0 Å². The number of carboxylic acid groups (broad SMARTS) is 2. The first kappa shape index (κ1) is 15.6. The Labute approximate surface area is 108 Å². The SMILES string of the molecule is C=CC.CC1C(C(=O)O)=CC=CC1(Br)C(=O)O. The van der Waals surface area contributed by atoms with Crippen molar-refractivity contribution >= 4 is 27.9 Å². The summed E-state index contributed by atoms with van der Waals surface area (Å²) in [5.41, 5.74) is 0.0896. The van der Waals surface area contributed by atoms with E-state index in [1.54, 1.807) is 13.0 Å². The van der Waals surface area contributed by atoms with E-state index >= 15 is 0 Å². The van der Waals surface area contributed by atoms with Crippen LogP contribution < -0.4 is 0 Å². The zero-order valence-corrected chi connectivity index (χ0v) is 11.3. The van der Waals surface area contributed by atoms with E-state index in [4.69, 9.17) is 10.2 Å². The molecule has 2 atom stereocenters. The Morgan fingerprint density at radius 2 is 2.00 bits per heavy atom. The fourth-order valence-electron chi connectivity index (χ4n) is 1.32. The molecule has 0 radical (unpaired) electrons. The van der Waals surface area contributed by atoms with Crippen molar-refractivity contribution in [1.29, 1.82) is 0 Å². The van der Waals surface area contributed by atoms with Gasteiger partial charge in [-0.25, -0.2) is 4.79 Å². The molecule has 0 aromatic rings. The molecule has 0 saturated heterocycles. The van der Waals surface area contributed by atoms with Crippen LogP contribution in [0.2, 0.25) is 0 Å². The van der Waals surface area contributed by atoms with Crippen LogP contribution in [-0.4, -0.2) is 26.5 Å². The second-order valence-electron chi connectivity index (χ2n) is 3.49. The molecule has 0 aliphatic heterocycles. The average Bonchev–Trinajstić information content (AvgIpc) is 2.22. The minimum absolute atomic E-state index is 0.0896. The van der Waals surface area contributed by atoms with Crippen LogP contribution in [0.3, 0.4) is 0 Å². The molecule has 0 fully saturated rings. The third kappa shape index (κ3) is 3.56. The number of rotatable bonds is 2. The van der Waals surface area contributed by atoms with E-state index in [0.29, 0.717) is 0 Å². The molecular formula is C12H15BrO4. The van der Waals surface area contributed by atoms with Gasteiger partial charge in [0.1, 0.15) is 4.32 Å². The Morgan fingerprint density at radius 3 is 2.35 bits per heavy atom. The molecule has 0 bridgehead atoms. The van der Waals surface area contributed by atoms with Crippen molar-refractivity contribution in [2.24, 2.45) is 5.92 Å². The van der Waals surface area contributed by atoms with E-state index in [1.165, 1.54) is 18.2 Å². The summed E-state index contributed by atoms with van der Waals surface area (Å²) in [6.07, 6.45) is 6.04. The lowest BCUT2D eigenvalue weighted by atomic mass is 9.83. The molecule has 0 aromatic heterocycles. The summed E-state index contributed by atoms with van der Waals surface area (Å²) in [4.78, 5) is 21.7. The second-order valence-corrected chi connectivity index (χ2v) is 4.80. The summed E-state index contributed by atoms with van der Waals surface area (Å²) in [6.45, 7) is 6.81. The summed E-state index contributed by atoms with van der Waals surface area (Å²) < 4.78 is -1.31. The van der Waals surface area contributed by atoms with Crippen molar-refractivity contribution in [3.63, 3.8) is 0 Å². The van der Waals surface area contributed by atoms with Crippen molar-refractivity contribution in [2.75, 3.05) is 0 Å². The number of alkyl halides is 1. The van der Waals surface area contributed by atoms with E-state index in [9.17, 15) is 9.59 Å². The van der Waals surface area contributed by atoms with Gasteiger partial charge >= 0.3 is 11.9 Å². The highest BCUT2D eigenvalue weighted by molar-refractivity contribution is 9.10. The second kappa shape index (κ2) is 6.39. The minimum atomic E-state index is -1.31. The highest BCUT2D eigenvalue weighted by Crippen LogP contribution is 2.37. The largest absolute Gasteiger partial charge is 0.480 e. The fourth-order valence-corrected chi connectivity index (χ4v) is 1.72. The average molecular weight is 303 g/mol. The van der Waals surface area contributed by atoms with Crippen LogP contribution in [0.15, 0.2) is 36.5 Å². The Morgan fingerprint density at radius 1 is 1.53 bits per heavy atom. The van der Waals surface area contributed by atoms with Crippen LogP contribution in [-0.2, 0) is 9.59 Å². The Hall–Kier alpha value is -1.36. The first-order chi connectivity index (χ1) is 7.81. The molecule has 1 aliphatic rings. The third-order valence-electron chi connectivity index (χ3n) is 2.29. The van der Waals surface area contributed by atoms with Crippen LogP contribution in [0, 0.1) is 5.92 Å². The topological polar surface area (TPSA) is 74.6 Å². The lowest BCUT2D eigenvalue weighted by Crippen LogP contribution is -2.40. The molecule has 94 valence electrons. The van der Waals surface area contributed by atoms with Crippen LogP contribution in [0.1, 0.15) is 13.8 Å². The smallest absolute Gasteiger partial charge is 0.331 e. The lowest BCUT2D eigenvalue weighted by Gasteiger charge is -2.29. The van der Waals surface area contributed by atoms with Gasteiger partial charge < -0.3 is 10.2 Å². The normalized spacial score (nSPS) is 26.3. The number of hydrogen-bond donors (Lipinski definition) is 2. The zero-order chi connectivity index (χ0) is 13.6. The highest BCUT2D eigenvalue weighted by Gasteiger charge is 2.43. The number of carboxylic acids is 2. The molecule has 0 spiro atoms. The quantitative estimate of drug-likeness (QED) is 0.607. The van der Waals surface area contributed by atoms with Gasteiger partial charge in [-0.15, -0.1) is 6.58 Å². The fraction of sp³-hybridized carbons (Fsp3) is 0.333. The summed E-state index contributed by atoms with van der Waals surface area (Å²) in [7, 11) is 0. The van der Waals surface area contributed by atoms with Crippen molar-refractivity contribution < 1.29 is 19.8 Å². The minimum Gasteiger partial charge on any atom is -0.480 e. The van der Waals surface area contributed by atoms with Gasteiger partial charge in [-0.2, -0.15) is 0 Å². The molecule has 0 saturated carbocycles. The monoisotopic (exact) mass is 302 g/mol. The Kier molecular flexibility index (Phi) is 5.88. The van der Waals surface area contributed by atoms with Crippen LogP contribution >= 0.6 is 15.9 Å². The molecule has 0 amide bonds. The number of halogens is 1. The predicted molar refractivity (Wildman–Crippen MR) is 69.2 cm³/mol. The molecular weight excluding hydrogens is 288 g/mol. The number of aliphatic carboxylic acids is 2. The molecule has 0 aromatic carbocycles. The van der Waals surface area contributed by atoms with Gasteiger partial charge in [0.05, 0.1) is 0 Å². The molecule has 1 aliphatic carbocycles. The summed E-state index contributed by atoms with van der Waals surface area (Å²) >= 11 is 3.04. The van der Waals surface area contributed by atoms with Crippen molar-refractivity contribution in [3.05, 3.63) is 36.5 Å². The first-order valence-electron chi connectivity index (χ1n) is 4.93. The molecule has 0 heterocycles. The molecule has 1 rings (SSSR count). The van der Waals surface area contributed by atoms with Gasteiger partial charge in [0.15, 0.2) is 0 Å². The maximum atomic E-state index is 10.9. The van der Waals surface area contributed by atoms with Crippen LogP contribution in [0.5, 0.6) is 0 Å². The molecule has 4 nitrogen and oxygen atoms in total. The van der Waals surface area contributed by atoms with Gasteiger partial charge in [-0.05, 0) is 6.92 Å². The lowest BCUT2D eigenvalue weighted by molar-refractivity contribution is -0.139. The van der Waals surface area contributed by atoms with Crippen molar-refractivity contribution in [1.82, 2.24) is 0 Å². The maximum Gasteiger partial charge on any atom is 0.331 e. The number of hydrogen-bond acceptors (Lipinski definition) is 2. The predicted octanol–water partition coefficient (Wildman–Crippen LogP) is 2.61. The Balaban J connectivity index is 0.000000770. The van der Waals surface area contributed by atoms with Crippen LogP contribution in [0.25, 0.3) is 0 Å². The maximum absolute atomic E-state index is 10.9. The van der Waals surface area contributed by atoms with E-state index in [-0.39, 0.29) is 5.57 Å². The van der Waals surface area contributed by atoms with Gasteiger partial charge in [-0.1, -0.05) is 47.2 Å². The number of allylic oxidation sites excluding steroid dienone is 3. The van der Waals surface area contributed by atoms with E-state index in [2.05, 4.69) is 22.5 Å². The third-order valence-corrected chi connectivity index (χ3v) is 3.58. The van der Waals surface area contributed by atoms with E-state index < -0.39 is 22.2 Å². The summed E-state index contributed by atoms with van der Waals surface area (Å²) in [5, 5.41) is 17.8. The van der Waals surface area contributed by atoms with E-state index in [1.807, 2.05) is 6.92 Å². The molecule has 5 heteroatoms. The Bertz CT molecular complexity index is 384. The summed E-state index contributed by atoms with van der Waals surface area (Å²) in [5.74, 6) is -2.79. The van der Waals surface area contributed by atoms with Crippen LogP contribution in [0.4, 0.5) is 0 Å². The molecule has 2 unspecified atom stereocenters. The highest BCUT2D eigenvalue weighted by atomic mass is 79.9. The van der Waals surface area contributed by atoms with E-state index in [0.717, 1.165) is 0 Å².